The van der Waals surface area contributed by atoms with Crippen LogP contribution in [0.1, 0.15) is 5.56 Å². The van der Waals surface area contributed by atoms with Gasteiger partial charge in [0.2, 0.25) is 0 Å². The van der Waals surface area contributed by atoms with Crippen molar-refractivity contribution in [3.63, 3.8) is 0 Å². The van der Waals surface area contributed by atoms with Gasteiger partial charge in [0, 0.05) is 32.7 Å². The van der Waals surface area contributed by atoms with Gasteiger partial charge in [-0.1, -0.05) is 24.3 Å². The molecule has 1 fully saturated rings. The molecule has 0 amide bonds. The molecule has 1 saturated heterocycles. The summed E-state index contributed by atoms with van der Waals surface area (Å²) in [7, 11) is 2.13. The molecule has 0 aliphatic carbocycles. The van der Waals surface area contributed by atoms with E-state index in [0.717, 1.165) is 43.9 Å². The van der Waals surface area contributed by atoms with Crippen LogP contribution in [0.2, 0.25) is 0 Å². The van der Waals surface area contributed by atoms with Crippen molar-refractivity contribution in [3.05, 3.63) is 42.5 Å². The number of hydrogen-bond donors (Lipinski definition) is 1. The first-order valence-electron chi connectivity index (χ1n) is 7.59. The molecule has 1 aliphatic rings. The molecule has 1 aromatic carbocycles. The molecule has 0 bridgehead atoms. The Kier molecular flexibility index (Phi) is 6.23. The Morgan fingerprint density at radius 3 is 2.71 bits per heavy atom. The van der Waals surface area contributed by atoms with E-state index in [2.05, 4.69) is 23.4 Å². The summed E-state index contributed by atoms with van der Waals surface area (Å²) in [5.41, 5.74) is 1.11. The van der Waals surface area contributed by atoms with Crippen LogP contribution in [0.25, 0.3) is 0 Å². The van der Waals surface area contributed by atoms with E-state index in [1.807, 2.05) is 30.3 Å². The third-order valence-electron chi connectivity index (χ3n) is 3.83. The number of nitrogens with zero attached hydrogens (tertiary/aromatic N) is 2. The summed E-state index contributed by atoms with van der Waals surface area (Å²) in [4.78, 5) is 4.61. The average Bonchev–Trinajstić information content (AvgIpc) is 2.49. The van der Waals surface area contributed by atoms with Gasteiger partial charge in [0.1, 0.15) is 18.5 Å². The van der Waals surface area contributed by atoms with Crippen molar-refractivity contribution in [1.29, 1.82) is 0 Å². The molecule has 0 saturated carbocycles. The van der Waals surface area contributed by atoms with E-state index < -0.39 is 6.10 Å². The maximum absolute atomic E-state index is 10.1. The molecule has 1 unspecified atom stereocenters. The highest BCUT2D eigenvalue weighted by Crippen LogP contribution is 2.19. The van der Waals surface area contributed by atoms with Crippen LogP contribution in [0.4, 0.5) is 0 Å². The molecule has 0 radical (unpaired) electrons. The summed E-state index contributed by atoms with van der Waals surface area (Å²) < 4.78 is 5.78. The summed E-state index contributed by atoms with van der Waals surface area (Å²) in [6, 6.07) is 7.92. The number of rotatable bonds is 7. The molecular weight excluding hydrogens is 264 g/mol. The Morgan fingerprint density at radius 1 is 1.29 bits per heavy atom. The van der Waals surface area contributed by atoms with Gasteiger partial charge < -0.3 is 14.7 Å². The second-order valence-electron chi connectivity index (χ2n) is 5.67. The molecule has 1 atom stereocenters. The molecule has 0 spiro atoms. The number of piperazine rings is 1. The number of likely N-dealkylation sites (N-methyl/N-ethyl adjacent to an activating group) is 1. The van der Waals surface area contributed by atoms with Crippen molar-refractivity contribution in [2.75, 3.05) is 46.4 Å². The van der Waals surface area contributed by atoms with Crippen LogP contribution in [0, 0.1) is 0 Å². The van der Waals surface area contributed by atoms with Crippen molar-refractivity contribution in [1.82, 2.24) is 9.80 Å². The minimum Gasteiger partial charge on any atom is -0.491 e. The Morgan fingerprint density at radius 2 is 2.00 bits per heavy atom. The Labute approximate surface area is 127 Å². The van der Waals surface area contributed by atoms with Crippen molar-refractivity contribution < 1.29 is 9.84 Å². The van der Waals surface area contributed by atoms with Crippen LogP contribution in [-0.4, -0.2) is 67.4 Å². The standard InChI is InChI=1S/C17H26N2O2/c1-3-6-15-7-4-5-8-17(15)21-14-16(20)13-19-11-9-18(2)10-12-19/h3-5,7-8,16,20H,1,6,9-14H2,2H3. The van der Waals surface area contributed by atoms with E-state index in [9.17, 15) is 5.11 Å². The zero-order valence-corrected chi connectivity index (χ0v) is 12.9. The van der Waals surface area contributed by atoms with Crippen LogP contribution in [0.5, 0.6) is 5.75 Å². The van der Waals surface area contributed by atoms with Crippen molar-refractivity contribution in [2.24, 2.45) is 0 Å². The Bertz CT molecular complexity index is 442. The fourth-order valence-electron chi connectivity index (χ4n) is 2.54. The molecule has 1 aliphatic heterocycles. The zero-order chi connectivity index (χ0) is 15.1. The molecule has 2 rings (SSSR count). The normalized spacial score (nSPS) is 18.4. The van der Waals surface area contributed by atoms with Crippen LogP contribution < -0.4 is 4.74 Å². The van der Waals surface area contributed by atoms with E-state index in [1.54, 1.807) is 0 Å². The summed E-state index contributed by atoms with van der Waals surface area (Å²) in [6.45, 7) is 8.93. The number of aliphatic hydroxyl groups excluding tert-OH is 1. The lowest BCUT2D eigenvalue weighted by atomic mass is 10.1. The molecular formula is C17H26N2O2. The average molecular weight is 290 g/mol. The van der Waals surface area contributed by atoms with E-state index in [1.165, 1.54) is 0 Å². The van der Waals surface area contributed by atoms with Crippen molar-refractivity contribution in [3.8, 4) is 5.75 Å². The van der Waals surface area contributed by atoms with Crippen LogP contribution in [-0.2, 0) is 6.42 Å². The van der Waals surface area contributed by atoms with E-state index in [-0.39, 0.29) is 0 Å². The third kappa shape index (κ3) is 5.16. The minimum absolute atomic E-state index is 0.334. The molecule has 1 aromatic rings. The Balaban J connectivity index is 1.78. The quantitative estimate of drug-likeness (QED) is 0.770. The number of β-amino-alcohol motifs (C(OH)–C–C–N with tert-alkyl or cyclic N) is 1. The van der Waals surface area contributed by atoms with Gasteiger partial charge in [-0.05, 0) is 25.1 Å². The second kappa shape index (κ2) is 8.17. The highest BCUT2D eigenvalue weighted by atomic mass is 16.5. The van der Waals surface area contributed by atoms with Gasteiger partial charge in [0.25, 0.3) is 0 Å². The second-order valence-corrected chi connectivity index (χ2v) is 5.67. The maximum atomic E-state index is 10.1. The van der Waals surface area contributed by atoms with Crippen molar-refractivity contribution >= 4 is 0 Å². The van der Waals surface area contributed by atoms with E-state index in [0.29, 0.717) is 13.2 Å². The monoisotopic (exact) mass is 290 g/mol. The molecule has 1 heterocycles. The predicted molar refractivity (Wildman–Crippen MR) is 85.8 cm³/mol. The van der Waals surface area contributed by atoms with E-state index >= 15 is 0 Å². The number of aliphatic hydroxyl groups is 1. The molecule has 116 valence electrons. The maximum Gasteiger partial charge on any atom is 0.122 e. The Hall–Kier alpha value is -1.36. The topological polar surface area (TPSA) is 35.9 Å². The number of ether oxygens (including phenoxy) is 1. The lowest BCUT2D eigenvalue weighted by molar-refractivity contribution is 0.0503. The lowest BCUT2D eigenvalue weighted by Gasteiger charge is -2.33. The molecule has 21 heavy (non-hydrogen) atoms. The van der Waals surface area contributed by atoms with Gasteiger partial charge in [-0.25, -0.2) is 0 Å². The van der Waals surface area contributed by atoms with Gasteiger partial charge in [-0.3, -0.25) is 4.90 Å². The van der Waals surface area contributed by atoms with Gasteiger partial charge in [-0.15, -0.1) is 6.58 Å². The van der Waals surface area contributed by atoms with E-state index in [4.69, 9.17) is 4.74 Å². The van der Waals surface area contributed by atoms with Crippen LogP contribution >= 0.6 is 0 Å². The van der Waals surface area contributed by atoms with Crippen LogP contribution in [0.15, 0.2) is 36.9 Å². The van der Waals surface area contributed by atoms with Crippen LogP contribution in [0.3, 0.4) is 0 Å². The highest BCUT2D eigenvalue weighted by molar-refractivity contribution is 5.34. The smallest absolute Gasteiger partial charge is 0.122 e. The number of allylic oxidation sites excluding steroid dienone is 1. The fourth-order valence-corrected chi connectivity index (χ4v) is 2.54. The minimum atomic E-state index is -0.454. The fraction of sp³-hybridized carbons (Fsp3) is 0.529. The predicted octanol–water partition coefficient (Wildman–Crippen LogP) is 1.40. The highest BCUT2D eigenvalue weighted by Gasteiger charge is 2.17. The molecule has 0 aromatic heterocycles. The molecule has 4 heteroatoms. The molecule has 4 nitrogen and oxygen atoms in total. The third-order valence-corrected chi connectivity index (χ3v) is 3.83. The van der Waals surface area contributed by atoms with Crippen molar-refractivity contribution in [2.45, 2.75) is 12.5 Å². The SMILES string of the molecule is C=CCc1ccccc1OCC(O)CN1CCN(C)CC1. The number of benzene rings is 1. The van der Waals surface area contributed by atoms with Gasteiger partial charge in [0.15, 0.2) is 0 Å². The summed E-state index contributed by atoms with van der Waals surface area (Å²) in [6.07, 6.45) is 2.19. The zero-order valence-electron chi connectivity index (χ0n) is 12.9. The largest absolute Gasteiger partial charge is 0.491 e. The first-order chi connectivity index (χ1) is 10.2. The summed E-state index contributed by atoms with van der Waals surface area (Å²) in [5.74, 6) is 0.842. The van der Waals surface area contributed by atoms with Gasteiger partial charge in [0.05, 0.1) is 0 Å². The number of hydrogen-bond acceptors (Lipinski definition) is 4. The first-order valence-corrected chi connectivity index (χ1v) is 7.59. The number of para-hydroxylation sites is 1. The summed E-state index contributed by atoms with van der Waals surface area (Å²) >= 11 is 0. The van der Waals surface area contributed by atoms with Gasteiger partial charge in [-0.2, -0.15) is 0 Å². The summed E-state index contributed by atoms with van der Waals surface area (Å²) in [5, 5.41) is 10.1. The lowest BCUT2D eigenvalue weighted by Crippen LogP contribution is -2.47. The first kappa shape index (κ1) is 16.0. The van der Waals surface area contributed by atoms with Gasteiger partial charge >= 0.3 is 0 Å². The molecule has 1 N–H and O–H groups in total.